The fourth-order valence-corrected chi connectivity index (χ4v) is 1.56. The zero-order valence-electron chi connectivity index (χ0n) is 7.60. The maximum atomic E-state index is 10.7. The Morgan fingerprint density at radius 3 is 2.80 bits per heavy atom. The number of benzene rings is 1. The molecule has 0 aromatic heterocycles. The number of hydrogen-bond acceptors (Lipinski definition) is 4. The average Bonchev–Trinajstić information content (AvgIpc) is 2.62. The molecule has 1 N–H and O–H groups in total. The van der Waals surface area contributed by atoms with E-state index < -0.39 is 10.9 Å². The Morgan fingerprint density at radius 2 is 2.20 bits per heavy atom. The standard InChI is InChI=1S/C9H7NO5/c11-9(12)5-1-6-3-15-4-7(6)8(2-5)10(13)14/h1-2H,3-4H2,(H,11,12). The monoisotopic (exact) mass is 209 g/mol. The summed E-state index contributed by atoms with van der Waals surface area (Å²) in [6.45, 7) is 0.406. The molecule has 6 heteroatoms. The van der Waals surface area contributed by atoms with Gasteiger partial charge >= 0.3 is 5.97 Å². The van der Waals surface area contributed by atoms with Crippen LogP contribution in [0.5, 0.6) is 0 Å². The van der Waals surface area contributed by atoms with Crippen LogP contribution in [0.15, 0.2) is 12.1 Å². The molecule has 6 nitrogen and oxygen atoms in total. The molecule has 0 amide bonds. The van der Waals surface area contributed by atoms with Crippen molar-refractivity contribution in [1.29, 1.82) is 0 Å². The van der Waals surface area contributed by atoms with Crippen LogP contribution in [0, 0.1) is 10.1 Å². The van der Waals surface area contributed by atoms with Gasteiger partial charge in [-0.25, -0.2) is 4.79 Å². The van der Waals surface area contributed by atoms with Gasteiger partial charge in [-0.2, -0.15) is 0 Å². The number of nitrogens with zero attached hydrogens (tertiary/aromatic N) is 1. The molecule has 78 valence electrons. The molecule has 0 atom stereocenters. The molecule has 0 saturated heterocycles. The van der Waals surface area contributed by atoms with Gasteiger partial charge in [-0.1, -0.05) is 0 Å². The highest BCUT2D eigenvalue weighted by molar-refractivity contribution is 5.89. The summed E-state index contributed by atoms with van der Waals surface area (Å²) in [5.41, 5.74) is 0.806. The van der Waals surface area contributed by atoms with Crippen LogP contribution in [0.4, 0.5) is 5.69 Å². The first-order chi connectivity index (χ1) is 7.09. The maximum absolute atomic E-state index is 10.7. The lowest BCUT2D eigenvalue weighted by atomic mass is 10.0. The summed E-state index contributed by atoms with van der Waals surface area (Å²) in [6, 6.07) is 2.48. The largest absolute Gasteiger partial charge is 0.478 e. The summed E-state index contributed by atoms with van der Waals surface area (Å²) < 4.78 is 5.04. The Kier molecular flexibility index (Phi) is 2.12. The lowest BCUT2D eigenvalue weighted by Gasteiger charge is -2.01. The molecule has 0 unspecified atom stereocenters. The van der Waals surface area contributed by atoms with E-state index in [1.54, 1.807) is 0 Å². The quantitative estimate of drug-likeness (QED) is 0.586. The lowest BCUT2D eigenvalue weighted by Crippen LogP contribution is -2.02. The molecule has 0 saturated carbocycles. The molecule has 1 aliphatic rings. The van der Waals surface area contributed by atoms with Crippen molar-refractivity contribution in [2.45, 2.75) is 13.2 Å². The van der Waals surface area contributed by atoms with Gasteiger partial charge in [0.15, 0.2) is 0 Å². The molecular weight excluding hydrogens is 202 g/mol. The van der Waals surface area contributed by atoms with Gasteiger partial charge in [0, 0.05) is 6.07 Å². The fourth-order valence-electron chi connectivity index (χ4n) is 1.56. The van der Waals surface area contributed by atoms with E-state index in [-0.39, 0.29) is 24.5 Å². The van der Waals surface area contributed by atoms with Crippen LogP contribution in [-0.4, -0.2) is 16.0 Å². The van der Waals surface area contributed by atoms with Crippen molar-refractivity contribution < 1.29 is 19.6 Å². The number of carboxylic acids is 1. The van der Waals surface area contributed by atoms with Gasteiger partial charge in [-0.3, -0.25) is 10.1 Å². The zero-order chi connectivity index (χ0) is 11.0. The minimum atomic E-state index is -1.17. The first-order valence-electron chi connectivity index (χ1n) is 4.21. The minimum Gasteiger partial charge on any atom is -0.478 e. The second-order valence-corrected chi connectivity index (χ2v) is 3.19. The molecule has 2 rings (SSSR count). The SMILES string of the molecule is O=C(O)c1cc2c(c([N+](=O)[O-])c1)COC2. The summed E-state index contributed by atoms with van der Waals surface area (Å²) in [4.78, 5) is 20.8. The number of nitro benzene ring substituents is 1. The average molecular weight is 209 g/mol. The predicted octanol–water partition coefficient (Wildman–Crippen LogP) is 1.32. The van der Waals surface area contributed by atoms with Crippen molar-refractivity contribution in [2.24, 2.45) is 0 Å². The van der Waals surface area contributed by atoms with Crippen LogP contribution < -0.4 is 0 Å². The molecule has 0 bridgehead atoms. The summed E-state index contributed by atoms with van der Waals surface area (Å²) in [5.74, 6) is -1.17. The van der Waals surface area contributed by atoms with Crippen molar-refractivity contribution in [2.75, 3.05) is 0 Å². The van der Waals surface area contributed by atoms with Gasteiger partial charge in [-0.05, 0) is 11.6 Å². The molecule has 0 spiro atoms. The van der Waals surface area contributed by atoms with E-state index in [9.17, 15) is 14.9 Å². The van der Waals surface area contributed by atoms with Gasteiger partial charge in [0.2, 0.25) is 0 Å². The highest BCUT2D eigenvalue weighted by atomic mass is 16.6. The third-order valence-electron chi connectivity index (χ3n) is 2.27. The number of nitro groups is 1. The molecule has 1 heterocycles. The van der Waals surface area contributed by atoms with Crippen LogP contribution in [0.2, 0.25) is 0 Å². The van der Waals surface area contributed by atoms with E-state index >= 15 is 0 Å². The van der Waals surface area contributed by atoms with Crippen LogP contribution >= 0.6 is 0 Å². The summed E-state index contributed by atoms with van der Waals surface area (Å²) in [6.07, 6.45) is 0. The van der Waals surface area contributed by atoms with E-state index in [0.717, 1.165) is 6.07 Å². The van der Waals surface area contributed by atoms with Crippen LogP contribution in [0.25, 0.3) is 0 Å². The molecule has 1 aromatic carbocycles. The zero-order valence-corrected chi connectivity index (χ0v) is 7.60. The van der Waals surface area contributed by atoms with Gasteiger partial charge in [0.25, 0.3) is 5.69 Å². The van der Waals surface area contributed by atoms with Gasteiger partial charge in [-0.15, -0.1) is 0 Å². The van der Waals surface area contributed by atoms with Crippen LogP contribution in [0.1, 0.15) is 21.5 Å². The van der Waals surface area contributed by atoms with Crippen LogP contribution in [0.3, 0.4) is 0 Å². The fraction of sp³-hybridized carbons (Fsp3) is 0.222. The Labute approximate surface area is 84.2 Å². The van der Waals surface area contributed by atoms with Crippen LogP contribution in [-0.2, 0) is 18.0 Å². The molecule has 1 aromatic rings. The van der Waals surface area contributed by atoms with Crippen molar-refractivity contribution in [3.8, 4) is 0 Å². The predicted molar refractivity (Wildman–Crippen MR) is 48.5 cm³/mol. The molecule has 15 heavy (non-hydrogen) atoms. The van der Waals surface area contributed by atoms with Crippen molar-refractivity contribution >= 4 is 11.7 Å². The Bertz CT molecular complexity index is 454. The molecule has 0 fully saturated rings. The summed E-state index contributed by atoms with van der Waals surface area (Å²) in [7, 11) is 0. The molecule has 0 radical (unpaired) electrons. The van der Waals surface area contributed by atoms with E-state index in [1.165, 1.54) is 6.07 Å². The first kappa shape index (κ1) is 9.60. The Morgan fingerprint density at radius 1 is 1.47 bits per heavy atom. The van der Waals surface area contributed by atoms with E-state index in [0.29, 0.717) is 11.1 Å². The third-order valence-corrected chi connectivity index (χ3v) is 2.27. The van der Waals surface area contributed by atoms with E-state index in [4.69, 9.17) is 9.84 Å². The number of hydrogen-bond donors (Lipinski definition) is 1. The molecule has 1 aliphatic heterocycles. The highest BCUT2D eigenvalue weighted by Crippen LogP contribution is 2.30. The number of ether oxygens (including phenoxy) is 1. The van der Waals surface area contributed by atoms with Crippen molar-refractivity contribution in [3.05, 3.63) is 38.9 Å². The van der Waals surface area contributed by atoms with Gasteiger partial charge < -0.3 is 9.84 Å². The van der Waals surface area contributed by atoms with Crippen molar-refractivity contribution in [1.82, 2.24) is 0 Å². The van der Waals surface area contributed by atoms with Gasteiger partial charge in [0.05, 0.1) is 29.3 Å². The number of aromatic carboxylic acids is 1. The highest BCUT2D eigenvalue weighted by Gasteiger charge is 2.25. The van der Waals surface area contributed by atoms with E-state index in [1.807, 2.05) is 0 Å². The number of rotatable bonds is 2. The second-order valence-electron chi connectivity index (χ2n) is 3.19. The Hall–Kier alpha value is -1.95. The number of fused-ring (bicyclic) bond motifs is 1. The van der Waals surface area contributed by atoms with E-state index in [2.05, 4.69) is 0 Å². The smallest absolute Gasteiger partial charge is 0.335 e. The number of carbonyl (C=O) groups is 1. The normalized spacial score (nSPS) is 13.6. The summed E-state index contributed by atoms with van der Waals surface area (Å²) in [5, 5.41) is 19.5. The van der Waals surface area contributed by atoms with Gasteiger partial charge in [0.1, 0.15) is 0 Å². The first-order valence-corrected chi connectivity index (χ1v) is 4.21. The minimum absolute atomic E-state index is 0.0778. The second kappa shape index (κ2) is 3.32. The maximum Gasteiger partial charge on any atom is 0.335 e. The molecule has 0 aliphatic carbocycles. The Balaban J connectivity index is 2.62. The lowest BCUT2D eigenvalue weighted by molar-refractivity contribution is -0.385. The van der Waals surface area contributed by atoms with Crippen molar-refractivity contribution in [3.63, 3.8) is 0 Å². The summed E-state index contributed by atoms with van der Waals surface area (Å²) >= 11 is 0. The number of carboxylic acid groups (broad SMARTS) is 1. The topological polar surface area (TPSA) is 89.7 Å². The third kappa shape index (κ3) is 1.55. The molecular formula is C9H7NO5.